The van der Waals surface area contributed by atoms with Gasteiger partial charge in [-0.25, -0.2) is 0 Å². The summed E-state index contributed by atoms with van der Waals surface area (Å²) >= 11 is 6.59. The highest BCUT2D eigenvalue weighted by Crippen LogP contribution is 2.37. The maximum Gasteiger partial charge on any atom is 0.223 e. The predicted molar refractivity (Wildman–Crippen MR) is 124 cm³/mol. The van der Waals surface area contributed by atoms with Crippen molar-refractivity contribution in [2.45, 2.75) is 45.3 Å². The number of benzene rings is 1. The van der Waals surface area contributed by atoms with E-state index in [0.29, 0.717) is 36.3 Å². The van der Waals surface area contributed by atoms with E-state index in [2.05, 4.69) is 25.0 Å². The molecule has 0 radical (unpaired) electrons. The zero-order valence-corrected chi connectivity index (χ0v) is 20.2. The average Bonchev–Trinajstić information content (AvgIpc) is 3.14. The van der Waals surface area contributed by atoms with Crippen LogP contribution in [0.2, 0.25) is 5.02 Å². The van der Waals surface area contributed by atoms with Crippen LogP contribution in [-0.4, -0.2) is 66.1 Å². The van der Waals surface area contributed by atoms with Crippen molar-refractivity contribution in [3.63, 3.8) is 0 Å². The van der Waals surface area contributed by atoms with Gasteiger partial charge in [-0.05, 0) is 31.4 Å². The fourth-order valence-electron chi connectivity index (χ4n) is 4.52. The first-order chi connectivity index (χ1) is 16.0. The molecule has 1 fully saturated rings. The number of carbonyl (C=O) groups excluding carboxylic acids is 1. The Kier molecular flexibility index (Phi) is 7.72. The van der Waals surface area contributed by atoms with Crippen molar-refractivity contribution < 1.29 is 19.0 Å². The zero-order valence-electron chi connectivity index (χ0n) is 19.5. The minimum absolute atomic E-state index is 0.00875. The number of aromatic nitrogens is 3. The largest absolute Gasteiger partial charge is 0.493 e. The molecule has 0 spiro atoms. The van der Waals surface area contributed by atoms with Gasteiger partial charge in [0.25, 0.3) is 0 Å². The van der Waals surface area contributed by atoms with E-state index in [1.807, 2.05) is 19.1 Å². The first kappa shape index (κ1) is 23.8. The number of carbonyl (C=O) groups is 1. The third-order valence-electron chi connectivity index (χ3n) is 6.44. The molecule has 4 rings (SSSR count). The Morgan fingerprint density at radius 2 is 2.00 bits per heavy atom. The molecule has 0 saturated carbocycles. The van der Waals surface area contributed by atoms with Crippen molar-refractivity contribution >= 4 is 17.5 Å². The molecule has 180 valence electrons. The number of ether oxygens (including phenoxy) is 3. The highest BCUT2D eigenvalue weighted by Gasteiger charge is 2.27. The van der Waals surface area contributed by atoms with Gasteiger partial charge in [-0.2, -0.15) is 0 Å². The van der Waals surface area contributed by atoms with Gasteiger partial charge in [0, 0.05) is 51.7 Å². The molecule has 2 aliphatic heterocycles. The second kappa shape index (κ2) is 10.7. The Bertz CT molecular complexity index is 976. The van der Waals surface area contributed by atoms with Crippen molar-refractivity contribution in [2.75, 3.05) is 40.5 Å². The van der Waals surface area contributed by atoms with E-state index >= 15 is 0 Å². The number of nitrogens with zero attached hydrogens (tertiary/aromatic N) is 4. The standard InChI is InChI=1S/C23H32ClN5O4/c1-15(25-23(30)16-7-12-33-13-8-16)22-27-26-19-6-9-28(10-11-29(19)22)14-17-4-5-18(31-2)21(32-3)20(17)24/h4-5,15-16H,6-14H2,1-3H3,(H,25,30). The fraction of sp³-hybridized carbons (Fsp3) is 0.609. The second-order valence-corrected chi connectivity index (χ2v) is 8.92. The summed E-state index contributed by atoms with van der Waals surface area (Å²) in [7, 11) is 3.19. The molecule has 9 nitrogen and oxygen atoms in total. The SMILES string of the molecule is COc1ccc(CN2CCc3nnc(C(C)NC(=O)C4CCOCC4)n3CC2)c(Cl)c1OC. The number of hydrogen-bond donors (Lipinski definition) is 1. The third-order valence-corrected chi connectivity index (χ3v) is 6.86. The Labute approximate surface area is 199 Å². The molecule has 10 heteroatoms. The maximum absolute atomic E-state index is 12.7. The van der Waals surface area contributed by atoms with Crippen LogP contribution in [0, 0.1) is 5.92 Å². The molecule has 1 N–H and O–H groups in total. The van der Waals surface area contributed by atoms with Gasteiger partial charge in [-0.15, -0.1) is 10.2 Å². The molecule has 0 aliphatic carbocycles. The van der Waals surface area contributed by atoms with Gasteiger partial charge in [-0.3, -0.25) is 9.69 Å². The summed E-state index contributed by atoms with van der Waals surface area (Å²) < 4.78 is 18.3. The van der Waals surface area contributed by atoms with Crippen LogP contribution in [-0.2, 0) is 29.0 Å². The van der Waals surface area contributed by atoms with Crippen molar-refractivity contribution in [2.24, 2.45) is 5.92 Å². The lowest BCUT2D eigenvalue weighted by molar-refractivity contribution is -0.128. The number of amides is 1. The van der Waals surface area contributed by atoms with E-state index in [9.17, 15) is 4.79 Å². The van der Waals surface area contributed by atoms with Crippen LogP contribution in [0.4, 0.5) is 0 Å². The smallest absolute Gasteiger partial charge is 0.223 e. The predicted octanol–water partition coefficient (Wildman–Crippen LogP) is 2.61. The van der Waals surface area contributed by atoms with Gasteiger partial charge in [0.15, 0.2) is 17.3 Å². The van der Waals surface area contributed by atoms with E-state index in [0.717, 1.165) is 56.1 Å². The first-order valence-corrected chi connectivity index (χ1v) is 11.8. The molecular formula is C23H32ClN5O4. The molecule has 2 aliphatic rings. The molecule has 2 aromatic rings. The summed E-state index contributed by atoms with van der Waals surface area (Å²) in [6, 6.07) is 3.66. The van der Waals surface area contributed by atoms with Crippen LogP contribution in [0.15, 0.2) is 12.1 Å². The lowest BCUT2D eigenvalue weighted by Crippen LogP contribution is -2.36. The Morgan fingerprint density at radius 3 is 2.73 bits per heavy atom. The summed E-state index contributed by atoms with van der Waals surface area (Å²) in [4.78, 5) is 15.0. The van der Waals surface area contributed by atoms with Gasteiger partial charge in [-0.1, -0.05) is 17.7 Å². The van der Waals surface area contributed by atoms with Crippen molar-refractivity contribution in [3.05, 3.63) is 34.4 Å². The number of fused-ring (bicyclic) bond motifs is 1. The third kappa shape index (κ3) is 5.26. The van der Waals surface area contributed by atoms with Crippen molar-refractivity contribution in [3.8, 4) is 11.5 Å². The summed E-state index contributed by atoms with van der Waals surface area (Å²) in [5.41, 5.74) is 0.990. The number of halogens is 1. The lowest BCUT2D eigenvalue weighted by Gasteiger charge is -2.24. The van der Waals surface area contributed by atoms with Crippen LogP contribution >= 0.6 is 11.6 Å². The number of nitrogens with one attached hydrogen (secondary N) is 1. The number of rotatable bonds is 7. The second-order valence-electron chi connectivity index (χ2n) is 8.54. The van der Waals surface area contributed by atoms with Crippen molar-refractivity contribution in [1.82, 2.24) is 25.0 Å². The van der Waals surface area contributed by atoms with Gasteiger partial charge in [0.05, 0.1) is 25.3 Å². The van der Waals surface area contributed by atoms with E-state index < -0.39 is 0 Å². The highest BCUT2D eigenvalue weighted by atomic mass is 35.5. The Morgan fingerprint density at radius 1 is 1.21 bits per heavy atom. The van der Waals surface area contributed by atoms with Crippen LogP contribution in [0.3, 0.4) is 0 Å². The van der Waals surface area contributed by atoms with Crippen LogP contribution in [0.1, 0.15) is 43.0 Å². The Balaban J connectivity index is 1.41. The highest BCUT2D eigenvalue weighted by molar-refractivity contribution is 6.33. The molecular weight excluding hydrogens is 446 g/mol. The van der Waals surface area contributed by atoms with Gasteiger partial charge >= 0.3 is 0 Å². The topological polar surface area (TPSA) is 90.7 Å². The van der Waals surface area contributed by atoms with Gasteiger partial charge < -0.3 is 24.1 Å². The average molecular weight is 478 g/mol. The number of methoxy groups -OCH3 is 2. The zero-order chi connectivity index (χ0) is 23.4. The van der Waals surface area contributed by atoms with Gasteiger partial charge in [0.2, 0.25) is 5.91 Å². The summed E-state index contributed by atoms with van der Waals surface area (Å²) in [5, 5.41) is 12.5. The van der Waals surface area contributed by atoms with Crippen LogP contribution < -0.4 is 14.8 Å². The molecule has 3 heterocycles. The molecule has 1 saturated heterocycles. The van der Waals surface area contributed by atoms with E-state index in [-0.39, 0.29) is 17.9 Å². The first-order valence-electron chi connectivity index (χ1n) is 11.4. The molecule has 0 bridgehead atoms. The summed E-state index contributed by atoms with van der Waals surface area (Å²) in [6.07, 6.45) is 2.31. The van der Waals surface area contributed by atoms with Crippen LogP contribution in [0.25, 0.3) is 0 Å². The van der Waals surface area contributed by atoms with E-state index in [1.165, 1.54) is 0 Å². The minimum atomic E-state index is -0.201. The molecule has 1 unspecified atom stereocenters. The lowest BCUT2D eigenvalue weighted by atomic mass is 9.99. The quantitative estimate of drug-likeness (QED) is 0.655. The molecule has 1 aromatic heterocycles. The Hall–Kier alpha value is -2.36. The monoisotopic (exact) mass is 477 g/mol. The maximum atomic E-state index is 12.7. The van der Waals surface area contributed by atoms with Crippen molar-refractivity contribution in [1.29, 1.82) is 0 Å². The molecule has 1 aromatic carbocycles. The van der Waals surface area contributed by atoms with E-state index in [4.69, 9.17) is 25.8 Å². The van der Waals surface area contributed by atoms with E-state index in [1.54, 1.807) is 14.2 Å². The summed E-state index contributed by atoms with van der Waals surface area (Å²) in [6.45, 7) is 6.37. The fourth-order valence-corrected chi connectivity index (χ4v) is 4.81. The molecule has 1 amide bonds. The normalized spacial score (nSPS) is 18.3. The number of hydrogen-bond acceptors (Lipinski definition) is 7. The minimum Gasteiger partial charge on any atom is -0.493 e. The van der Waals surface area contributed by atoms with Gasteiger partial charge in [0.1, 0.15) is 5.82 Å². The molecule has 1 atom stereocenters. The summed E-state index contributed by atoms with van der Waals surface area (Å²) in [5.74, 6) is 3.00. The molecule has 33 heavy (non-hydrogen) atoms. The van der Waals surface area contributed by atoms with Crippen LogP contribution in [0.5, 0.6) is 11.5 Å².